The summed E-state index contributed by atoms with van der Waals surface area (Å²) < 4.78 is 17.6. The molecule has 0 radical (unpaired) electrons. The van der Waals surface area contributed by atoms with Crippen LogP contribution in [0.5, 0.6) is 17.2 Å². The first-order valence-electron chi connectivity index (χ1n) is 9.74. The lowest BCUT2D eigenvalue weighted by Crippen LogP contribution is -2.21. The molecule has 0 spiro atoms. The predicted octanol–water partition coefficient (Wildman–Crippen LogP) is 3.72. The molecule has 7 heteroatoms. The second-order valence-corrected chi connectivity index (χ2v) is 7.20. The lowest BCUT2D eigenvalue weighted by molar-refractivity contribution is -0.134. The Hall–Kier alpha value is -3.35. The molecule has 1 heterocycles. The number of benzene rings is 2. The summed E-state index contributed by atoms with van der Waals surface area (Å²) in [4.78, 5) is 29.4. The molecular formula is C23H26N2O5. The van der Waals surface area contributed by atoms with E-state index >= 15 is 0 Å². The van der Waals surface area contributed by atoms with E-state index in [-0.39, 0.29) is 17.9 Å². The van der Waals surface area contributed by atoms with Gasteiger partial charge in [0.25, 0.3) is 5.56 Å². The van der Waals surface area contributed by atoms with E-state index in [9.17, 15) is 9.59 Å². The molecule has 0 N–H and O–H groups in total. The predicted molar refractivity (Wildman–Crippen MR) is 115 cm³/mol. The number of carbonyl (C=O) groups excluding carboxylic acids is 1. The van der Waals surface area contributed by atoms with Crippen LogP contribution in [-0.4, -0.2) is 29.7 Å². The Morgan fingerprint density at radius 1 is 1.03 bits per heavy atom. The van der Waals surface area contributed by atoms with Gasteiger partial charge in [-0.25, -0.2) is 4.98 Å². The number of esters is 1. The molecule has 0 aliphatic carbocycles. The van der Waals surface area contributed by atoms with Gasteiger partial charge in [0.15, 0.2) is 11.5 Å². The minimum atomic E-state index is -0.319. The number of aryl methyl sites for hydroxylation is 3. The van der Waals surface area contributed by atoms with Crippen molar-refractivity contribution in [3.63, 3.8) is 0 Å². The number of fused-ring (bicyclic) bond motifs is 1. The number of carbonyl (C=O) groups is 1. The molecule has 3 rings (SSSR count). The van der Waals surface area contributed by atoms with E-state index in [0.29, 0.717) is 41.1 Å². The highest BCUT2D eigenvalue weighted by atomic mass is 16.5. The zero-order valence-corrected chi connectivity index (χ0v) is 17.9. The van der Waals surface area contributed by atoms with Crippen LogP contribution in [0.3, 0.4) is 0 Å². The third-order valence-electron chi connectivity index (χ3n) is 5.20. The fraction of sp³-hybridized carbons (Fsp3) is 0.348. The van der Waals surface area contributed by atoms with Crippen molar-refractivity contribution in [1.82, 2.24) is 9.55 Å². The number of aromatic nitrogens is 2. The number of hydrogen-bond acceptors (Lipinski definition) is 6. The van der Waals surface area contributed by atoms with Crippen LogP contribution >= 0.6 is 0 Å². The van der Waals surface area contributed by atoms with Crippen molar-refractivity contribution in [3.05, 3.63) is 57.6 Å². The summed E-state index contributed by atoms with van der Waals surface area (Å²) in [5.41, 5.74) is 3.29. The topological polar surface area (TPSA) is 79.7 Å². The largest absolute Gasteiger partial charge is 0.493 e. The third-order valence-corrected chi connectivity index (χ3v) is 5.20. The van der Waals surface area contributed by atoms with Gasteiger partial charge in [-0.05, 0) is 49.9 Å². The number of nitrogens with zero attached hydrogens (tertiary/aromatic N) is 2. The van der Waals surface area contributed by atoms with Crippen molar-refractivity contribution in [3.8, 4) is 17.2 Å². The maximum atomic E-state index is 12.8. The number of methoxy groups -OCH3 is 2. The van der Waals surface area contributed by atoms with Crippen molar-refractivity contribution in [2.75, 3.05) is 14.2 Å². The van der Waals surface area contributed by atoms with Crippen LogP contribution in [-0.2, 0) is 11.3 Å². The van der Waals surface area contributed by atoms with Crippen molar-refractivity contribution in [1.29, 1.82) is 0 Å². The number of ether oxygens (including phenoxy) is 3. The second kappa shape index (κ2) is 8.98. The molecule has 0 aliphatic rings. The van der Waals surface area contributed by atoms with Gasteiger partial charge >= 0.3 is 5.97 Å². The smallest absolute Gasteiger partial charge is 0.311 e. The van der Waals surface area contributed by atoms with E-state index in [4.69, 9.17) is 14.2 Å². The average Bonchev–Trinajstić information content (AvgIpc) is 2.74. The van der Waals surface area contributed by atoms with Gasteiger partial charge in [-0.15, -0.1) is 0 Å². The second-order valence-electron chi connectivity index (χ2n) is 7.20. The van der Waals surface area contributed by atoms with Gasteiger partial charge in [0.1, 0.15) is 5.75 Å². The molecule has 7 nitrogen and oxygen atoms in total. The Morgan fingerprint density at radius 3 is 2.40 bits per heavy atom. The molecule has 0 aliphatic heterocycles. The molecule has 0 saturated carbocycles. The molecule has 0 saturated heterocycles. The molecule has 30 heavy (non-hydrogen) atoms. The van der Waals surface area contributed by atoms with Crippen LogP contribution < -0.4 is 19.8 Å². The molecule has 1 aromatic heterocycles. The van der Waals surface area contributed by atoms with Gasteiger partial charge in [0, 0.05) is 19.0 Å². The van der Waals surface area contributed by atoms with E-state index in [2.05, 4.69) is 4.98 Å². The van der Waals surface area contributed by atoms with E-state index in [1.165, 1.54) is 25.1 Å². The lowest BCUT2D eigenvalue weighted by atomic mass is 10.1. The molecule has 3 aromatic rings. The SMILES string of the molecule is COc1cc2ncn(CCCC(=O)Oc3c(C)ccc(C)c3C)c(=O)c2cc1OC. The fourth-order valence-corrected chi connectivity index (χ4v) is 3.29. The quantitative estimate of drug-likeness (QED) is 0.436. The Bertz CT molecular complexity index is 1150. The van der Waals surface area contributed by atoms with Crippen LogP contribution in [0.25, 0.3) is 10.9 Å². The van der Waals surface area contributed by atoms with Crippen LogP contribution in [0.1, 0.15) is 29.5 Å². The minimum absolute atomic E-state index is 0.195. The first-order chi connectivity index (χ1) is 14.3. The minimum Gasteiger partial charge on any atom is -0.493 e. The highest BCUT2D eigenvalue weighted by Gasteiger charge is 2.13. The molecule has 0 bridgehead atoms. The first kappa shape index (κ1) is 21.4. The summed E-state index contributed by atoms with van der Waals surface area (Å²) in [5, 5.41) is 0.434. The zero-order chi connectivity index (χ0) is 21.8. The first-order valence-corrected chi connectivity index (χ1v) is 9.74. The summed E-state index contributed by atoms with van der Waals surface area (Å²) in [5.74, 6) is 1.28. The third kappa shape index (κ3) is 4.30. The highest BCUT2D eigenvalue weighted by Crippen LogP contribution is 2.30. The fourth-order valence-electron chi connectivity index (χ4n) is 3.29. The van der Waals surface area contributed by atoms with E-state index in [1.807, 2.05) is 32.9 Å². The molecule has 0 amide bonds. The Kier molecular flexibility index (Phi) is 6.40. The Morgan fingerprint density at radius 2 is 1.70 bits per heavy atom. The van der Waals surface area contributed by atoms with Crippen molar-refractivity contribution >= 4 is 16.9 Å². The summed E-state index contributed by atoms with van der Waals surface area (Å²) in [6.45, 7) is 6.19. The maximum Gasteiger partial charge on any atom is 0.311 e. The standard InChI is InChI=1S/C23H26N2O5/c1-14-8-9-15(2)22(16(14)3)30-21(26)7-6-10-25-13-24-18-12-20(29-5)19(28-4)11-17(18)23(25)27/h8-9,11-13H,6-7,10H2,1-5H3. The van der Waals surface area contributed by atoms with Gasteiger partial charge in [-0.1, -0.05) is 12.1 Å². The van der Waals surface area contributed by atoms with Gasteiger partial charge in [0.05, 0.1) is 31.4 Å². The van der Waals surface area contributed by atoms with Crippen molar-refractivity contribution in [2.24, 2.45) is 0 Å². The van der Waals surface area contributed by atoms with Crippen LogP contribution in [0, 0.1) is 20.8 Å². The average molecular weight is 410 g/mol. The van der Waals surface area contributed by atoms with Gasteiger partial charge in [0.2, 0.25) is 0 Å². The molecule has 0 fully saturated rings. The molecule has 158 valence electrons. The Labute approximate surface area is 175 Å². The van der Waals surface area contributed by atoms with Gasteiger partial charge in [-0.3, -0.25) is 14.2 Å². The molecule has 2 aromatic carbocycles. The summed E-state index contributed by atoms with van der Waals surface area (Å²) >= 11 is 0. The molecule has 0 unspecified atom stereocenters. The van der Waals surface area contributed by atoms with Gasteiger partial charge in [-0.2, -0.15) is 0 Å². The summed E-state index contributed by atoms with van der Waals surface area (Å²) in [6, 6.07) is 7.24. The monoisotopic (exact) mass is 410 g/mol. The van der Waals surface area contributed by atoms with E-state index in [1.54, 1.807) is 12.1 Å². The summed E-state index contributed by atoms with van der Waals surface area (Å²) in [7, 11) is 3.05. The Balaban J connectivity index is 1.70. The van der Waals surface area contributed by atoms with Crippen LogP contribution in [0.2, 0.25) is 0 Å². The highest BCUT2D eigenvalue weighted by molar-refractivity contribution is 5.81. The zero-order valence-electron chi connectivity index (χ0n) is 17.9. The molecule has 0 atom stereocenters. The number of rotatable bonds is 7. The maximum absolute atomic E-state index is 12.8. The normalized spacial score (nSPS) is 10.8. The van der Waals surface area contributed by atoms with E-state index in [0.717, 1.165) is 16.7 Å². The summed E-state index contributed by atoms with van der Waals surface area (Å²) in [6.07, 6.45) is 2.14. The molecular weight excluding hydrogens is 384 g/mol. The van der Waals surface area contributed by atoms with Crippen molar-refractivity contribution in [2.45, 2.75) is 40.2 Å². The van der Waals surface area contributed by atoms with E-state index < -0.39 is 0 Å². The van der Waals surface area contributed by atoms with Crippen molar-refractivity contribution < 1.29 is 19.0 Å². The van der Waals surface area contributed by atoms with Gasteiger partial charge < -0.3 is 14.2 Å². The van der Waals surface area contributed by atoms with Crippen LogP contribution in [0.4, 0.5) is 0 Å². The lowest BCUT2D eigenvalue weighted by Gasteiger charge is -2.13. The number of hydrogen-bond donors (Lipinski definition) is 0. The van der Waals surface area contributed by atoms with Crippen LogP contribution in [0.15, 0.2) is 35.4 Å².